The molecule has 1 aromatic carbocycles. The number of hydrogen-bond donors (Lipinski definition) is 1. The van der Waals surface area contributed by atoms with Gasteiger partial charge in [-0.15, -0.1) is 0 Å². The maximum atomic E-state index is 12.4. The van der Waals surface area contributed by atoms with Crippen LogP contribution in [0.4, 0.5) is 0 Å². The highest BCUT2D eigenvalue weighted by Crippen LogP contribution is 2.39. The number of ketones is 1. The van der Waals surface area contributed by atoms with Crippen LogP contribution in [-0.2, 0) is 25.2 Å². The van der Waals surface area contributed by atoms with Crippen LogP contribution >= 0.6 is 11.6 Å². The Morgan fingerprint density at radius 2 is 1.86 bits per heavy atom. The number of aliphatic hydroxyl groups excluding tert-OH is 1. The molecular formula is C14H16ClNO5S. The minimum absolute atomic E-state index is 0.185. The predicted molar refractivity (Wildman–Crippen MR) is 81.8 cm³/mol. The summed E-state index contributed by atoms with van der Waals surface area (Å²) in [5.74, 6) is -1.97. The molecule has 0 bridgehead atoms. The van der Waals surface area contributed by atoms with Crippen molar-refractivity contribution in [1.29, 1.82) is 0 Å². The van der Waals surface area contributed by atoms with Crippen LogP contribution < -0.4 is 0 Å². The molecule has 0 fully saturated rings. The summed E-state index contributed by atoms with van der Waals surface area (Å²) >= 11 is 5.81. The van der Waals surface area contributed by atoms with E-state index in [1.54, 1.807) is 24.3 Å². The van der Waals surface area contributed by atoms with Crippen molar-refractivity contribution >= 4 is 27.4 Å². The lowest BCUT2D eigenvalue weighted by atomic mass is 9.92. The SMILES string of the molecule is CCS(=O)(=O)N(C)C1=C(O)C(=O)C(C)(c2ccc(Cl)cc2)O1. The zero-order valence-electron chi connectivity index (χ0n) is 12.3. The number of sulfonamides is 1. The van der Waals surface area contributed by atoms with E-state index in [2.05, 4.69) is 0 Å². The van der Waals surface area contributed by atoms with Crippen LogP contribution in [0.5, 0.6) is 0 Å². The molecule has 0 aliphatic carbocycles. The molecule has 0 radical (unpaired) electrons. The number of Topliss-reactive ketones (excluding diaryl/α,β-unsaturated/α-hetero) is 1. The van der Waals surface area contributed by atoms with Gasteiger partial charge in [-0.25, -0.2) is 12.7 Å². The van der Waals surface area contributed by atoms with Crippen molar-refractivity contribution in [3.8, 4) is 0 Å². The summed E-state index contributed by atoms with van der Waals surface area (Å²) in [4.78, 5) is 12.4. The summed E-state index contributed by atoms with van der Waals surface area (Å²) in [6.45, 7) is 2.92. The van der Waals surface area contributed by atoms with E-state index >= 15 is 0 Å². The van der Waals surface area contributed by atoms with Gasteiger partial charge < -0.3 is 9.84 Å². The Morgan fingerprint density at radius 1 is 1.32 bits per heavy atom. The van der Waals surface area contributed by atoms with Gasteiger partial charge in [-0.05, 0) is 26.0 Å². The average molecular weight is 346 g/mol. The number of halogens is 1. The van der Waals surface area contributed by atoms with Crippen molar-refractivity contribution in [2.45, 2.75) is 19.4 Å². The third-order valence-electron chi connectivity index (χ3n) is 3.61. The molecule has 1 aliphatic rings. The van der Waals surface area contributed by atoms with Crippen molar-refractivity contribution in [3.05, 3.63) is 46.5 Å². The molecule has 0 spiro atoms. The fourth-order valence-electron chi connectivity index (χ4n) is 2.10. The Kier molecular flexibility index (Phi) is 4.14. The van der Waals surface area contributed by atoms with Gasteiger partial charge in [0.05, 0.1) is 5.75 Å². The van der Waals surface area contributed by atoms with Gasteiger partial charge in [0.2, 0.25) is 15.8 Å². The second kappa shape index (κ2) is 5.48. The van der Waals surface area contributed by atoms with Gasteiger partial charge in [0.15, 0.2) is 5.60 Å². The first kappa shape index (κ1) is 16.6. The van der Waals surface area contributed by atoms with E-state index in [0.29, 0.717) is 10.6 Å². The Morgan fingerprint density at radius 3 is 2.36 bits per heavy atom. The summed E-state index contributed by atoms with van der Waals surface area (Å²) < 4.78 is 30.1. The first-order chi connectivity index (χ1) is 10.1. The first-order valence-corrected chi connectivity index (χ1v) is 8.52. The van der Waals surface area contributed by atoms with E-state index < -0.39 is 27.2 Å². The van der Waals surface area contributed by atoms with Gasteiger partial charge in [-0.3, -0.25) is 4.79 Å². The molecule has 1 atom stereocenters. The van der Waals surface area contributed by atoms with E-state index in [-0.39, 0.29) is 11.6 Å². The third kappa shape index (κ3) is 2.55. The summed E-state index contributed by atoms with van der Waals surface area (Å²) in [6.07, 6.45) is 0. The number of rotatable bonds is 4. The fraction of sp³-hybridized carbons (Fsp3) is 0.357. The van der Waals surface area contributed by atoms with Crippen LogP contribution in [0.2, 0.25) is 5.02 Å². The third-order valence-corrected chi connectivity index (χ3v) is 5.60. The number of carbonyl (C=O) groups is 1. The molecule has 0 saturated heterocycles. The van der Waals surface area contributed by atoms with Crippen molar-refractivity contribution in [1.82, 2.24) is 4.31 Å². The lowest BCUT2D eigenvalue weighted by Crippen LogP contribution is -2.33. The van der Waals surface area contributed by atoms with Crippen LogP contribution in [0.3, 0.4) is 0 Å². The standard InChI is InChI=1S/C14H16ClNO5S/c1-4-22(19,20)16(3)13-11(17)12(18)14(2,21-13)9-5-7-10(15)8-6-9/h5-8,17H,4H2,1-3H3. The average Bonchev–Trinajstić information content (AvgIpc) is 2.72. The monoisotopic (exact) mass is 345 g/mol. The maximum Gasteiger partial charge on any atom is 0.251 e. The molecule has 8 heteroatoms. The van der Waals surface area contributed by atoms with Crippen LogP contribution in [-0.4, -0.2) is 36.4 Å². The number of carbonyl (C=O) groups excluding carboxylic acids is 1. The molecule has 1 unspecified atom stereocenters. The van der Waals surface area contributed by atoms with Gasteiger partial charge >= 0.3 is 0 Å². The molecule has 120 valence electrons. The Labute approximate surface area is 134 Å². The van der Waals surface area contributed by atoms with E-state index in [1.165, 1.54) is 20.9 Å². The van der Waals surface area contributed by atoms with Crippen LogP contribution in [0, 0.1) is 0 Å². The summed E-state index contributed by atoms with van der Waals surface area (Å²) in [7, 11) is -2.43. The van der Waals surface area contributed by atoms with Gasteiger partial charge in [-0.1, -0.05) is 23.7 Å². The second-order valence-corrected chi connectivity index (χ2v) is 7.72. The van der Waals surface area contributed by atoms with Crippen LogP contribution in [0.1, 0.15) is 19.4 Å². The number of hydrogen-bond acceptors (Lipinski definition) is 5. The lowest BCUT2D eigenvalue weighted by molar-refractivity contribution is -0.132. The number of benzene rings is 1. The summed E-state index contributed by atoms with van der Waals surface area (Å²) in [6, 6.07) is 6.34. The first-order valence-electron chi connectivity index (χ1n) is 6.53. The van der Waals surface area contributed by atoms with Gasteiger partial charge in [-0.2, -0.15) is 0 Å². The summed E-state index contributed by atoms with van der Waals surface area (Å²) in [5, 5.41) is 10.5. The van der Waals surface area contributed by atoms with Crippen molar-refractivity contribution in [3.63, 3.8) is 0 Å². The quantitative estimate of drug-likeness (QED) is 0.904. The topological polar surface area (TPSA) is 83.9 Å². The molecule has 2 rings (SSSR count). The maximum absolute atomic E-state index is 12.4. The Bertz CT molecular complexity index is 741. The molecule has 1 aromatic rings. The summed E-state index contributed by atoms with van der Waals surface area (Å²) in [5.41, 5.74) is -1.03. The molecule has 0 amide bonds. The predicted octanol–water partition coefficient (Wildman–Crippen LogP) is 2.16. The van der Waals surface area contributed by atoms with Crippen molar-refractivity contribution in [2.24, 2.45) is 0 Å². The molecule has 1 aliphatic heterocycles. The molecule has 0 aromatic heterocycles. The largest absolute Gasteiger partial charge is 0.501 e. The van der Waals surface area contributed by atoms with E-state index in [0.717, 1.165) is 4.31 Å². The van der Waals surface area contributed by atoms with Crippen molar-refractivity contribution < 1.29 is 23.1 Å². The van der Waals surface area contributed by atoms with Crippen LogP contribution in [0.25, 0.3) is 0 Å². The van der Waals surface area contributed by atoms with Crippen LogP contribution in [0.15, 0.2) is 35.9 Å². The van der Waals surface area contributed by atoms with Gasteiger partial charge in [0, 0.05) is 17.6 Å². The Hall–Kier alpha value is -1.73. The Balaban J connectivity index is 2.43. The molecule has 6 nitrogen and oxygen atoms in total. The zero-order valence-corrected chi connectivity index (χ0v) is 13.9. The van der Waals surface area contributed by atoms with Gasteiger partial charge in [0.25, 0.3) is 11.7 Å². The number of aliphatic hydroxyl groups is 1. The van der Waals surface area contributed by atoms with E-state index in [9.17, 15) is 18.3 Å². The molecule has 1 N–H and O–H groups in total. The van der Waals surface area contributed by atoms with Gasteiger partial charge in [0.1, 0.15) is 0 Å². The second-order valence-electron chi connectivity index (χ2n) is 4.99. The highest BCUT2D eigenvalue weighted by Gasteiger charge is 2.50. The normalized spacial score (nSPS) is 21.9. The number of ether oxygens (including phenoxy) is 1. The minimum atomic E-state index is -3.66. The highest BCUT2D eigenvalue weighted by atomic mass is 35.5. The molecular weight excluding hydrogens is 330 g/mol. The lowest BCUT2D eigenvalue weighted by Gasteiger charge is -2.26. The van der Waals surface area contributed by atoms with E-state index in [1.807, 2.05) is 0 Å². The minimum Gasteiger partial charge on any atom is -0.501 e. The number of nitrogens with zero attached hydrogens (tertiary/aromatic N) is 1. The molecule has 22 heavy (non-hydrogen) atoms. The highest BCUT2D eigenvalue weighted by molar-refractivity contribution is 7.89. The fourth-order valence-corrected chi connectivity index (χ4v) is 2.99. The smallest absolute Gasteiger partial charge is 0.251 e. The van der Waals surface area contributed by atoms with Crippen molar-refractivity contribution in [2.75, 3.05) is 12.8 Å². The van der Waals surface area contributed by atoms with E-state index in [4.69, 9.17) is 16.3 Å². The molecule has 1 heterocycles. The zero-order chi connectivity index (χ0) is 16.7. The molecule has 0 saturated carbocycles.